The van der Waals surface area contributed by atoms with Gasteiger partial charge in [-0.15, -0.1) is 12.6 Å². The van der Waals surface area contributed by atoms with Crippen LogP contribution in [0.1, 0.15) is 33.1 Å². The Morgan fingerprint density at radius 2 is 2.00 bits per heavy atom. The molecule has 0 amide bonds. The third kappa shape index (κ3) is 5.50. The number of thiol groups is 1. The van der Waals surface area contributed by atoms with Gasteiger partial charge in [0.2, 0.25) is 0 Å². The Hall–Kier alpha value is 0.240. The Bertz CT molecular complexity index is 115. The van der Waals surface area contributed by atoms with Gasteiger partial charge in [-0.05, 0) is 13.3 Å². The number of hydrogen-bond donors (Lipinski definition) is 1. The lowest BCUT2D eigenvalue weighted by atomic mass is 10.2. The quantitative estimate of drug-likeness (QED) is 0.404. The molecule has 3 heteroatoms. The second-order valence-electron chi connectivity index (χ2n) is 2.57. The van der Waals surface area contributed by atoms with E-state index in [1.807, 2.05) is 0 Å². The van der Waals surface area contributed by atoms with Crippen LogP contribution in [0.25, 0.3) is 0 Å². The Labute approximate surface area is 80.6 Å². The summed E-state index contributed by atoms with van der Waals surface area (Å²) in [6.07, 6.45) is 3.77. The van der Waals surface area contributed by atoms with Crippen molar-refractivity contribution in [1.29, 1.82) is 0 Å². The van der Waals surface area contributed by atoms with E-state index < -0.39 is 0 Å². The highest BCUT2D eigenvalue weighted by Crippen LogP contribution is 2.01. The van der Waals surface area contributed by atoms with Crippen LogP contribution in [0.4, 0.5) is 0 Å². The van der Waals surface area contributed by atoms with Crippen LogP contribution in [0, 0.1) is 0 Å². The Morgan fingerprint density at radius 1 is 1.36 bits per heavy atom. The minimum atomic E-state index is 0.726. The maximum Gasteiger partial charge on any atom is 0.133 e. The number of nitrogens with zero attached hydrogens (tertiary/aromatic N) is 1. The molecule has 0 aromatic heterocycles. The number of rotatable bonds is 5. The molecule has 0 saturated carbocycles. The molecule has 0 aromatic rings. The van der Waals surface area contributed by atoms with E-state index in [1.54, 1.807) is 0 Å². The molecule has 0 aromatic carbocycles. The summed E-state index contributed by atoms with van der Waals surface area (Å²) in [4.78, 5) is 2.12. The van der Waals surface area contributed by atoms with Crippen molar-refractivity contribution in [3.63, 3.8) is 0 Å². The molecule has 0 N–H and O–H groups in total. The molecule has 0 atom stereocenters. The molecule has 0 unspecified atom stereocenters. The summed E-state index contributed by atoms with van der Waals surface area (Å²) in [6.45, 7) is 6.35. The van der Waals surface area contributed by atoms with Crippen LogP contribution >= 0.6 is 24.8 Å². The predicted octanol–water partition coefficient (Wildman–Crippen LogP) is 2.71. The van der Waals surface area contributed by atoms with Crippen LogP contribution < -0.4 is 0 Å². The summed E-state index contributed by atoms with van der Waals surface area (Å²) in [5.41, 5.74) is 0. The smallest absolute Gasteiger partial charge is 0.133 e. The van der Waals surface area contributed by atoms with Crippen molar-refractivity contribution < 1.29 is 0 Å². The molecule has 0 saturated heterocycles. The number of thiocarbonyl (C=S) groups is 1. The third-order valence-electron chi connectivity index (χ3n) is 1.68. The van der Waals surface area contributed by atoms with E-state index in [1.165, 1.54) is 19.3 Å². The van der Waals surface area contributed by atoms with Crippen LogP contribution in [0.15, 0.2) is 0 Å². The van der Waals surface area contributed by atoms with Crippen molar-refractivity contribution in [2.24, 2.45) is 0 Å². The van der Waals surface area contributed by atoms with Crippen molar-refractivity contribution in [2.75, 3.05) is 13.1 Å². The number of hydrogen-bond acceptors (Lipinski definition) is 1. The normalized spacial score (nSPS) is 9.73. The molecule has 0 heterocycles. The average molecular weight is 191 g/mol. The molecule has 11 heavy (non-hydrogen) atoms. The highest BCUT2D eigenvalue weighted by Gasteiger charge is 2.00. The Kier molecular flexibility index (Phi) is 7.07. The first-order valence-corrected chi connectivity index (χ1v) is 5.05. The summed E-state index contributed by atoms with van der Waals surface area (Å²) < 4.78 is 0.726. The van der Waals surface area contributed by atoms with Gasteiger partial charge in [0.15, 0.2) is 0 Å². The van der Waals surface area contributed by atoms with E-state index in [-0.39, 0.29) is 0 Å². The van der Waals surface area contributed by atoms with E-state index in [9.17, 15) is 0 Å². The summed E-state index contributed by atoms with van der Waals surface area (Å²) in [5.74, 6) is 0. The zero-order chi connectivity index (χ0) is 8.69. The topological polar surface area (TPSA) is 3.24 Å². The summed E-state index contributed by atoms with van der Waals surface area (Å²) in [5, 5.41) is 0. The van der Waals surface area contributed by atoms with Gasteiger partial charge in [0.05, 0.1) is 0 Å². The van der Waals surface area contributed by atoms with Crippen LogP contribution in [0.2, 0.25) is 0 Å². The molecule has 0 aliphatic carbocycles. The Balaban J connectivity index is 3.44. The standard InChI is InChI=1S/C8H17NS2/c1-3-5-6-7-9(4-2)8(10)11/h3-7H2,1-2H3,(H,10,11). The number of unbranched alkanes of at least 4 members (excludes halogenated alkanes) is 2. The molecular formula is C8H17NS2. The molecule has 0 radical (unpaired) electrons. The first-order valence-electron chi connectivity index (χ1n) is 4.20. The maximum absolute atomic E-state index is 4.96. The molecular weight excluding hydrogens is 174 g/mol. The van der Waals surface area contributed by atoms with Crippen LogP contribution in [-0.2, 0) is 0 Å². The monoisotopic (exact) mass is 191 g/mol. The fourth-order valence-electron chi connectivity index (χ4n) is 0.942. The zero-order valence-electron chi connectivity index (χ0n) is 7.34. The largest absolute Gasteiger partial charge is 0.358 e. The fraction of sp³-hybridized carbons (Fsp3) is 0.875. The van der Waals surface area contributed by atoms with Gasteiger partial charge in [-0.1, -0.05) is 32.0 Å². The SMILES string of the molecule is CCCCCN(CC)C(=S)S. The predicted molar refractivity (Wildman–Crippen MR) is 58.4 cm³/mol. The lowest BCUT2D eigenvalue weighted by molar-refractivity contribution is 0.436. The molecule has 1 nitrogen and oxygen atoms in total. The molecule has 0 rings (SSSR count). The van der Waals surface area contributed by atoms with Crippen molar-refractivity contribution >= 4 is 29.2 Å². The first-order chi connectivity index (χ1) is 5.22. The van der Waals surface area contributed by atoms with Gasteiger partial charge < -0.3 is 4.90 Å². The van der Waals surface area contributed by atoms with Gasteiger partial charge in [0.1, 0.15) is 4.32 Å². The molecule has 0 bridgehead atoms. The lowest BCUT2D eigenvalue weighted by Crippen LogP contribution is -2.26. The van der Waals surface area contributed by atoms with Gasteiger partial charge >= 0.3 is 0 Å². The molecule has 0 aliphatic heterocycles. The fourth-order valence-corrected chi connectivity index (χ4v) is 1.40. The van der Waals surface area contributed by atoms with Crippen molar-refractivity contribution in [3.8, 4) is 0 Å². The Morgan fingerprint density at radius 3 is 2.36 bits per heavy atom. The molecule has 0 aliphatic rings. The third-order valence-corrected chi connectivity index (χ3v) is 2.22. The zero-order valence-corrected chi connectivity index (χ0v) is 9.05. The minimum Gasteiger partial charge on any atom is -0.358 e. The molecule has 0 spiro atoms. The van der Waals surface area contributed by atoms with Gasteiger partial charge in [-0.25, -0.2) is 0 Å². The van der Waals surface area contributed by atoms with E-state index in [0.717, 1.165) is 17.4 Å². The van der Waals surface area contributed by atoms with Crippen LogP contribution in [0.3, 0.4) is 0 Å². The van der Waals surface area contributed by atoms with Crippen LogP contribution in [-0.4, -0.2) is 22.3 Å². The van der Waals surface area contributed by atoms with E-state index in [0.29, 0.717) is 0 Å². The second kappa shape index (κ2) is 6.92. The molecule has 0 fully saturated rings. The highest BCUT2D eigenvalue weighted by molar-refractivity contribution is 8.10. The maximum atomic E-state index is 4.96. The van der Waals surface area contributed by atoms with E-state index in [2.05, 4.69) is 31.4 Å². The van der Waals surface area contributed by atoms with Crippen molar-refractivity contribution in [3.05, 3.63) is 0 Å². The summed E-state index contributed by atoms with van der Waals surface area (Å²) >= 11 is 9.09. The van der Waals surface area contributed by atoms with Crippen molar-refractivity contribution in [1.82, 2.24) is 4.90 Å². The molecule has 66 valence electrons. The highest BCUT2D eigenvalue weighted by atomic mass is 32.1. The average Bonchev–Trinajstić information content (AvgIpc) is 1.97. The lowest BCUT2D eigenvalue weighted by Gasteiger charge is -2.19. The van der Waals surface area contributed by atoms with Gasteiger partial charge in [0.25, 0.3) is 0 Å². The first kappa shape index (κ1) is 11.2. The summed E-state index contributed by atoms with van der Waals surface area (Å²) in [6, 6.07) is 0. The van der Waals surface area contributed by atoms with Gasteiger partial charge in [-0.3, -0.25) is 0 Å². The summed E-state index contributed by atoms with van der Waals surface area (Å²) in [7, 11) is 0. The van der Waals surface area contributed by atoms with E-state index >= 15 is 0 Å². The van der Waals surface area contributed by atoms with Crippen molar-refractivity contribution in [2.45, 2.75) is 33.1 Å². The van der Waals surface area contributed by atoms with Gasteiger partial charge in [-0.2, -0.15) is 0 Å². The minimum absolute atomic E-state index is 0.726. The van der Waals surface area contributed by atoms with Crippen LogP contribution in [0.5, 0.6) is 0 Å². The van der Waals surface area contributed by atoms with E-state index in [4.69, 9.17) is 12.2 Å². The van der Waals surface area contributed by atoms with Gasteiger partial charge in [0, 0.05) is 13.1 Å². The second-order valence-corrected chi connectivity index (χ2v) is 3.68.